The lowest BCUT2D eigenvalue weighted by molar-refractivity contribution is 0.615. The highest BCUT2D eigenvalue weighted by molar-refractivity contribution is 6.31. The third kappa shape index (κ3) is 2.51. The normalized spacial score (nSPS) is 12.7. The molecule has 0 saturated carbocycles. The van der Waals surface area contributed by atoms with Gasteiger partial charge in [-0.15, -0.1) is 0 Å². The summed E-state index contributed by atoms with van der Waals surface area (Å²) in [6.45, 7) is 3.94. The van der Waals surface area contributed by atoms with Crippen LogP contribution in [-0.2, 0) is 7.05 Å². The van der Waals surface area contributed by atoms with Crippen molar-refractivity contribution < 1.29 is 4.39 Å². The zero-order valence-electron chi connectivity index (χ0n) is 11.5. The zero-order valence-corrected chi connectivity index (χ0v) is 12.2. The van der Waals surface area contributed by atoms with Crippen molar-refractivity contribution in [3.8, 4) is 0 Å². The summed E-state index contributed by atoms with van der Waals surface area (Å²) in [5, 5.41) is 8.13. The first kappa shape index (κ1) is 14.0. The molecule has 0 aliphatic heterocycles. The second-order valence-electron chi connectivity index (χ2n) is 4.60. The van der Waals surface area contributed by atoms with E-state index in [1.54, 1.807) is 6.07 Å². The summed E-state index contributed by atoms with van der Waals surface area (Å²) in [4.78, 5) is 0. The van der Waals surface area contributed by atoms with Gasteiger partial charge in [0.05, 0.1) is 11.7 Å². The maximum Gasteiger partial charge on any atom is 0.123 e. The fraction of sp³-hybridized carbons (Fsp3) is 0.357. The molecule has 1 heterocycles. The van der Waals surface area contributed by atoms with Crippen LogP contribution in [0.1, 0.15) is 28.6 Å². The lowest BCUT2D eigenvalue weighted by atomic mass is 9.97. The minimum absolute atomic E-state index is 0.170. The molecular weight excluding hydrogens is 265 g/mol. The van der Waals surface area contributed by atoms with E-state index in [0.29, 0.717) is 5.02 Å². The number of halogens is 2. The van der Waals surface area contributed by atoms with Crippen LogP contribution in [0.5, 0.6) is 0 Å². The molecular formula is C14H17ClFN3. The van der Waals surface area contributed by atoms with E-state index in [9.17, 15) is 4.39 Å². The Labute approximate surface area is 117 Å². The van der Waals surface area contributed by atoms with Gasteiger partial charge in [0.1, 0.15) is 5.82 Å². The predicted molar refractivity (Wildman–Crippen MR) is 75.0 cm³/mol. The van der Waals surface area contributed by atoms with Gasteiger partial charge >= 0.3 is 0 Å². The molecule has 0 radical (unpaired) electrons. The molecule has 0 amide bonds. The van der Waals surface area contributed by atoms with Crippen LogP contribution in [0.2, 0.25) is 5.02 Å². The number of aryl methyl sites for hydroxylation is 2. The summed E-state index contributed by atoms with van der Waals surface area (Å²) in [5.74, 6) is -0.293. The van der Waals surface area contributed by atoms with Crippen molar-refractivity contribution in [1.82, 2.24) is 15.1 Å². The first-order valence-corrected chi connectivity index (χ1v) is 6.45. The van der Waals surface area contributed by atoms with E-state index < -0.39 is 0 Å². The van der Waals surface area contributed by atoms with E-state index in [-0.39, 0.29) is 11.9 Å². The van der Waals surface area contributed by atoms with Crippen molar-refractivity contribution in [2.24, 2.45) is 7.05 Å². The highest BCUT2D eigenvalue weighted by Gasteiger charge is 2.22. The molecule has 0 fully saturated rings. The Morgan fingerprint density at radius 3 is 2.58 bits per heavy atom. The fourth-order valence-corrected chi connectivity index (χ4v) is 2.63. The first-order chi connectivity index (χ1) is 8.95. The third-order valence-corrected chi connectivity index (χ3v) is 3.76. The van der Waals surface area contributed by atoms with Gasteiger partial charge in [0, 0.05) is 23.3 Å². The molecule has 102 valence electrons. The van der Waals surface area contributed by atoms with Crippen molar-refractivity contribution >= 4 is 11.6 Å². The molecule has 2 rings (SSSR count). The number of nitrogens with one attached hydrogen (secondary N) is 1. The molecule has 1 aromatic heterocycles. The molecule has 0 aliphatic carbocycles. The van der Waals surface area contributed by atoms with E-state index in [4.69, 9.17) is 11.6 Å². The molecule has 0 saturated heterocycles. The topological polar surface area (TPSA) is 29.9 Å². The van der Waals surface area contributed by atoms with Gasteiger partial charge in [-0.1, -0.05) is 11.6 Å². The summed E-state index contributed by atoms with van der Waals surface area (Å²) < 4.78 is 15.3. The van der Waals surface area contributed by atoms with Crippen LogP contribution in [0.25, 0.3) is 0 Å². The Morgan fingerprint density at radius 2 is 2.05 bits per heavy atom. The molecule has 1 unspecified atom stereocenters. The van der Waals surface area contributed by atoms with Crippen molar-refractivity contribution in [3.05, 3.63) is 51.6 Å². The SMILES string of the molecule is CNC(c1cc(F)ccc1Cl)c1c(C)nn(C)c1C. The number of rotatable bonds is 3. The minimum atomic E-state index is -0.293. The Morgan fingerprint density at radius 1 is 1.37 bits per heavy atom. The highest BCUT2D eigenvalue weighted by atomic mass is 35.5. The van der Waals surface area contributed by atoms with Gasteiger partial charge in [0.25, 0.3) is 0 Å². The van der Waals surface area contributed by atoms with Crippen LogP contribution >= 0.6 is 11.6 Å². The van der Waals surface area contributed by atoms with Gasteiger partial charge in [-0.2, -0.15) is 5.10 Å². The average molecular weight is 282 g/mol. The van der Waals surface area contributed by atoms with Crippen molar-refractivity contribution in [1.29, 1.82) is 0 Å². The molecule has 2 aromatic rings. The predicted octanol–water partition coefficient (Wildman–Crippen LogP) is 3.14. The summed E-state index contributed by atoms with van der Waals surface area (Å²) in [7, 11) is 3.73. The number of hydrogen-bond acceptors (Lipinski definition) is 2. The monoisotopic (exact) mass is 281 g/mol. The van der Waals surface area contributed by atoms with Crippen LogP contribution in [0.4, 0.5) is 4.39 Å². The lowest BCUT2D eigenvalue weighted by Crippen LogP contribution is -2.19. The van der Waals surface area contributed by atoms with Gasteiger partial charge in [0.15, 0.2) is 0 Å². The average Bonchev–Trinajstić information content (AvgIpc) is 2.61. The molecule has 0 bridgehead atoms. The third-order valence-electron chi connectivity index (χ3n) is 3.41. The van der Waals surface area contributed by atoms with Gasteiger partial charge in [0.2, 0.25) is 0 Å². The van der Waals surface area contributed by atoms with E-state index in [2.05, 4.69) is 10.4 Å². The second-order valence-corrected chi connectivity index (χ2v) is 5.00. The van der Waals surface area contributed by atoms with Crippen LogP contribution in [0.15, 0.2) is 18.2 Å². The second kappa shape index (κ2) is 5.31. The summed E-state index contributed by atoms with van der Waals surface area (Å²) in [6.07, 6.45) is 0. The molecule has 0 aliphatic rings. The van der Waals surface area contributed by atoms with Gasteiger partial charge in [-0.25, -0.2) is 4.39 Å². The van der Waals surface area contributed by atoms with Crippen LogP contribution in [0.3, 0.4) is 0 Å². The summed E-state index contributed by atoms with van der Waals surface area (Å²) in [5.41, 5.74) is 3.72. The molecule has 5 heteroatoms. The Balaban J connectivity index is 2.59. The molecule has 1 aromatic carbocycles. The summed E-state index contributed by atoms with van der Waals surface area (Å²) >= 11 is 6.20. The molecule has 0 spiro atoms. The Kier molecular flexibility index (Phi) is 3.92. The van der Waals surface area contributed by atoms with Gasteiger partial charge in [-0.3, -0.25) is 4.68 Å². The number of benzene rings is 1. The summed E-state index contributed by atoms with van der Waals surface area (Å²) in [6, 6.07) is 4.24. The van der Waals surface area contributed by atoms with Crippen molar-refractivity contribution in [2.45, 2.75) is 19.9 Å². The van der Waals surface area contributed by atoms with Crippen molar-refractivity contribution in [2.75, 3.05) is 7.05 Å². The maximum atomic E-state index is 13.5. The van der Waals surface area contributed by atoms with Crippen LogP contribution in [-0.4, -0.2) is 16.8 Å². The standard InChI is InChI=1S/C14H17ClFN3/c1-8-13(9(2)19(4)18-8)14(17-3)11-7-10(16)5-6-12(11)15/h5-7,14,17H,1-4H3. The zero-order chi connectivity index (χ0) is 14.2. The van der Waals surface area contributed by atoms with Crippen molar-refractivity contribution in [3.63, 3.8) is 0 Å². The van der Waals surface area contributed by atoms with Crippen LogP contribution in [0, 0.1) is 19.7 Å². The highest BCUT2D eigenvalue weighted by Crippen LogP contribution is 2.32. The lowest BCUT2D eigenvalue weighted by Gasteiger charge is -2.19. The molecule has 19 heavy (non-hydrogen) atoms. The van der Waals surface area contributed by atoms with Gasteiger partial charge in [-0.05, 0) is 44.7 Å². The minimum Gasteiger partial charge on any atom is -0.309 e. The Hall–Kier alpha value is -1.39. The fourth-order valence-electron chi connectivity index (χ4n) is 2.40. The number of hydrogen-bond donors (Lipinski definition) is 1. The van der Waals surface area contributed by atoms with E-state index in [0.717, 1.165) is 22.5 Å². The van der Waals surface area contributed by atoms with E-state index >= 15 is 0 Å². The number of nitrogens with zero attached hydrogens (tertiary/aromatic N) is 2. The first-order valence-electron chi connectivity index (χ1n) is 6.08. The quantitative estimate of drug-likeness (QED) is 0.937. The molecule has 1 N–H and O–H groups in total. The van der Waals surface area contributed by atoms with Gasteiger partial charge < -0.3 is 5.32 Å². The Bertz CT molecular complexity index is 607. The number of aromatic nitrogens is 2. The van der Waals surface area contributed by atoms with E-state index in [1.165, 1.54) is 12.1 Å². The van der Waals surface area contributed by atoms with E-state index in [1.807, 2.05) is 32.6 Å². The molecule has 3 nitrogen and oxygen atoms in total. The smallest absolute Gasteiger partial charge is 0.123 e. The maximum absolute atomic E-state index is 13.5. The largest absolute Gasteiger partial charge is 0.309 e. The van der Waals surface area contributed by atoms with Crippen LogP contribution < -0.4 is 5.32 Å². The molecule has 1 atom stereocenters.